The maximum Gasteiger partial charge on any atom is 0.330 e. The van der Waals surface area contributed by atoms with Crippen molar-refractivity contribution in [3.05, 3.63) is 51.4 Å². The predicted octanol–water partition coefficient (Wildman–Crippen LogP) is -1.31. The summed E-state index contributed by atoms with van der Waals surface area (Å²) >= 11 is 1.04. The van der Waals surface area contributed by atoms with Crippen LogP contribution in [0.4, 0.5) is 0 Å². The molecule has 1 saturated heterocycles. The molecule has 10 heteroatoms. The van der Waals surface area contributed by atoms with Gasteiger partial charge in [-0.3, -0.25) is 14.3 Å². The van der Waals surface area contributed by atoms with Crippen molar-refractivity contribution in [1.29, 1.82) is 0 Å². The first kappa shape index (κ1) is 16.9. The van der Waals surface area contributed by atoms with Gasteiger partial charge in [-0.25, -0.2) is 9.78 Å². The first-order chi connectivity index (χ1) is 11.5. The van der Waals surface area contributed by atoms with Crippen molar-refractivity contribution in [2.24, 2.45) is 0 Å². The molecule has 4 N–H and O–H groups in total. The van der Waals surface area contributed by atoms with Crippen LogP contribution in [0.25, 0.3) is 0 Å². The van der Waals surface area contributed by atoms with E-state index in [2.05, 4.69) is 9.97 Å². The number of aliphatic hydroxyl groups excluding tert-OH is 3. The highest BCUT2D eigenvalue weighted by Gasteiger charge is 2.43. The van der Waals surface area contributed by atoms with E-state index in [0.717, 1.165) is 16.3 Å². The second-order valence-corrected chi connectivity index (χ2v) is 6.22. The van der Waals surface area contributed by atoms with Crippen molar-refractivity contribution in [2.45, 2.75) is 34.5 Å². The molecular weight excluding hydrogens is 338 g/mol. The minimum atomic E-state index is -1.42. The SMILES string of the molecule is O=c1[nH]c(=O)n([C@@H]2O[C@H](CO)[C@@H](O)[C@@H]2O)cc1Sc1ccccn1. The summed E-state index contributed by atoms with van der Waals surface area (Å²) in [5, 5.41) is 29.5. The molecule has 0 aliphatic carbocycles. The average Bonchev–Trinajstić information content (AvgIpc) is 2.86. The summed E-state index contributed by atoms with van der Waals surface area (Å²) < 4.78 is 6.30. The van der Waals surface area contributed by atoms with Crippen LogP contribution in [0.15, 0.2) is 50.1 Å². The third-order valence-electron chi connectivity index (χ3n) is 3.58. The van der Waals surface area contributed by atoms with Crippen LogP contribution in [-0.4, -0.2) is 54.8 Å². The maximum absolute atomic E-state index is 12.0. The van der Waals surface area contributed by atoms with Gasteiger partial charge in [-0.15, -0.1) is 0 Å². The van der Waals surface area contributed by atoms with Crippen LogP contribution >= 0.6 is 11.8 Å². The highest BCUT2D eigenvalue weighted by molar-refractivity contribution is 7.99. The van der Waals surface area contributed by atoms with Gasteiger partial charge >= 0.3 is 5.69 Å². The molecule has 4 atom stereocenters. The Hall–Kier alpha value is -1.98. The number of pyridine rings is 1. The van der Waals surface area contributed by atoms with E-state index in [0.29, 0.717) is 5.03 Å². The molecule has 0 saturated carbocycles. The lowest BCUT2D eigenvalue weighted by Crippen LogP contribution is -2.38. The van der Waals surface area contributed by atoms with Crippen LogP contribution in [0.3, 0.4) is 0 Å². The summed E-state index contributed by atoms with van der Waals surface area (Å²) in [7, 11) is 0. The number of nitrogens with one attached hydrogen (secondary N) is 1. The van der Waals surface area contributed by atoms with Gasteiger partial charge in [0.05, 0.1) is 11.5 Å². The Morgan fingerprint density at radius 2 is 2.08 bits per heavy atom. The molecule has 1 aliphatic heterocycles. The van der Waals surface area contributed by atoms with E-state index in [-0.39, 0.29) is 4.90 Å². The van der Waals surface area contributed by atoms with E-state index in [4.69, 9.17) is 9.84 Å². The van der Waals surface area contributed by atoms with E-state index >= 15 is 0 Å². The number of H-pyrrole nitrogens is 1. The summed E-state index contributed by atoms with van der Waals surface area (Å²) in [6, 6.07) is 5.19. The molecule has 0 amide bonds. The molecule has 2 aromatic rings. The van der Waals surface area contributed by atoms with Gasteiger partial charge in [0.2, 0.25) is 0 Å². The predicted molar refractivity (Wildman–Crippen MR) is 82.7 cm³/mol. The number of aliphatic hydroxyl groups is 3. The number of aromatic nitrogens is 3. The summed E-state index contributed by atoms with van der Waals surface area (Å²) in [6.07, 6.45) is -2.19. The Morgan fingerprint density at radius 1 is 1.29 bits per heavy atom. The number of hydrogen-bond donors (Lipinski definition) is 4. The van der Waals surface area contributed by atoms with E-state index < -0.39 is 42.4 Å². The molecule has 128 valence electrons. The average molecular weight is 353 g/mol. The van der Waals surface area contributed by atoms with Gasteiger partial charge in [0, 0.05) is 12.4 Å². The fourth-order valence-corrected chi connectivity index (χ4v) is 3.15. The molecule has 1 aliphatic rings. The molecular formula is C14H15N3O6S. The number of hydrogen-bond acceptors (Lipinski definition) is 8. The van der Waals surface area contributed by atoms with Gasteiger partial charge in [0.1, 0.15) is 23.3 Å². The van der Waals surface area contributed by atoms with Crippen LogP contribution in [0.5, 0.6) is 0 Å². The lowest BCUT2D eigenvalue weighted by Gasteiger charge is -2.17. The second-order valence-electron chi connectivity index (χ2n) is 5.16. The normalized spacial score (nSPS) is 26.6. The number of ether oxygens (including phenoxy) is 1. The van der Waals surface area contributed by atoms with Crippen molar-refractivity contribution >= 4 is 11.8 Å². The first-order valence-electron chi connectivity index (χ1n) is 7.08. The Kier molecular flexibility index (Phi) is 4.83. The van der Waals surface area contributed by atoms with Gasteiger partial charge in [-0.1, -0.05) is 17.8 Å². The number of rotatable bonds is 4. The Morgan fingerprint density at radius 3 is 2.71 bits per heavy atom. The van der Waals surface area contributed by atoms with E-state index in [1.54, 1.807) is 24.4 Å². The van der Waals surface area contributed by atoms with E-state index in [9.17, 15) is 19.8 Å². The maximum atomic E-state index is 12.0. The first-order valence-corrected chi connectivity index (χ1v) is 7.89. The van der Waals surface area contributed by atoms with Crippen molar-refractivity contribution in [2.75, 3.05) is 6.61 Å². The topological polar surface area (TPSA) is 138 Å². The van der Waals surface area contributed by atoms with Gasteiger partial charge in [-0.2, -0.15) is 0 Å². The molecule has 24 heavy (non-hydrogen) atoms. The Balaban J connectivity index is 1.96. The van der Waals surface area contributed by atoms with E-state index in [1.165, 1.54) is 6.20 Å². The molecule has 3 heterocycles. The zero-order chi connectivity index (χ0) is 17.3. The van der Waals surface area contributed by atoms with Gasteiger partial charge in [-0.05, 0) is 12.1 Å². The smallest absolute Gasteiger partial charge is 0.330 e. The molecule has 2 aromatic heterocycles. The fraction of sp³-hybridized carbons (Fsp3) is 0.357. The van der Waals surface area contributed by atoms with Crippen LogP contribution in [0, 0.1) is 0 Å². The van der Waals surface area contributed by atoms with Gasteiger partial charge in [0.25, 0.3) is 5.56 Å². The fourth-order valence-electron chi connectivity index (χ4n) is 2.36. The molecule has 0 radical (unpaired) electrons. The molecule has 0 unspecified atom stereocenters. The molecule has 9 nitrogen and oxygen atoms in total. The summed E-state index contributed by atoms with van der Waals surface area (Å²) in [4.78, 5) is 30.4. The molecule has 1 fully saturated rings. The van der Waals surface area contributed by atoms with Crippen LogP contribution in [0.2, 0.25) is 0 Å². The van der Waals surface area contributed by atoms with Gasteiger partial charge < -0.3 is 20.1 Å². The van der Waals surface area contributed by atoms with Crippen molar-refractivity contribution in [3.8, 4) is 0 Å². The number of aromatic amines is 1. The standard InChI is InChI=1S/C14H15N3O6S/c18-6-7-10(19)11(20)13(23-7)17-5-8(12(21)16-14(17)22)24-9-3-1-2-4-15-9/h1-5,7,10-11,13,18-20H,6H2,(H,16,21,22)/t7-,10-,11+,13-/m1/s1. The third-order valence-corrected chi connectivity index (χ3v) is 4.54. The van der Waals surface area contributed by atoms with Crippen LogP contribution < -0.4 is 11.2 Å². The second kappa shape index (κ2) is 6.87. The summed E-state index contributed by atoms with van der Waals surface area (Å²) in [5.41, 5.74) is -1.39. The summed E-state index contributed by atoms with van der Waals surface area (Å²) in [5.74, 6) is 0. The van der Waals surface area contributed by atoms with Gasteiger partial charge in [0.15, 0.2) is 6.23 Å². The third kappa shape index (κ3) is 3.14. The van der Waals surface area contributed by atoms with Crippen LogP contribution in [-0.2, 0) is 4.74 Å². The van der Waals surface area contributed by atoms with E-state index in [1.807, 2.05) is 0 Å². The lowest BCUT2D eigenvalue weighted by atomic mass is 10.1. The largest absolute Gasteiger partial charge is 0.394 e. The van der Waals surface area contributed by atoms with Crippen molar-refractivity contribution in [3.63, 3.8) is 0 Å². The minimum absolute atomic E-state index is 0.172. The highest BCUT2D eigenvalue weighted by Crippen LogP contribution is 2.29. The Bertz CT molecular complexity index is 823. The monoisotopic (exact) mass is 353 g/mol. The lowest BCUT2D eigenvalue weighted by molar-refractivity contribution is -0.0553. The minimum Gasteiger partial charge on any atom is -0.394 e. The molecule has 0 spiro atoms. The molecule has 3 rings (SSSR count). The highest BCUT2D eigenvalue weighted by atomic mass is 32.2. The van der Waals surface area contributed by atoms with Crippen LogP contribution in [0.1, 0.15) is 6.23 Å². The summed E-state index contributed by atoms with van der Waals surface area (Å²) in [6.45, 7) is -0.512. The molecule has 0 aromatic carbocycles. The van der Waals surface area contributed by atoms with Crippen molar-refractivity contribution < 1.29 is 20.1 Å². The van der Waals surface area contributed by atoms with Crippen molar-refractivity contribution in [1.82, 2.24) is 14.5 Å². The zero-order valence-electron chi connectivity index (χ0n) is 12.3. The molecule has 0 bridgehead atoms. The Labute approximate surface area is 139 Å². The zero-order valence-corrected chi connectivity index (χ0v) is 13.1. The quantitative estimate of drug-likeness (QED) is 0.532. The number of nitrogens with zero attached hydrogens (tertiary/aromatic N) is 2.